The number of aliphatic hydroxyl groups is 2. The number of benzene rings is 1. The van der Waals surface area contributed by atoms with Crippen molar-refractivity contribution < 1.29 is 10.2 Å². The minimum Gasteiger partial charge on any atom is -0.389 e. The smallest absolute Gasteiger partial charge is 0.106 e. The Morgan fingerprint density at radius 3 is 2.21 bits per heavy atom. The van der Waals surface area contributed by atoms with Crippen LogP contribution >= 0.6 is 24.2 Å². The Kier molecular flexibility index (Phi) is 4.75. The molecule has 78 valence electrons. The number of rotatable bonds is 4. The number of aliphatic hydroxyl groups excluding tert-OH is 2. The van der Waals surface area contributed by atoms with Gasteiger partial charge >= 0.3 is 0 Å². The van der Waals surface area contributed by atoms with Crippen LogP contribution in [0.15, 0.2) is 24.3 Å². The second-order valence-corrected chi connectivity index (χ2v) is 3.70. The first-order chi connectivity index (χ1) is 6.69. The molecular weight excluding hydrogens is 220 g/mol. The van der Waals surface area contributed by atoms with Gasteiger partial charge in [0.15, 0.2) is 0 Å². The van der Waals surface area contributed by atoms with Gasteiger partial charge in [0, 0.05) is 11.6 Å². The fourth-order valence-corrected chi connectivity index (χ4v) is 1.50. The Hall–Kier alpha value is -0.220. The first-order valence-electron chi connectivity index (χ1n) is 4.31. The quantitative estimate of drug-likeness (QED) is 0.547. The van der Waals surface area contributed by atoms with E-state index in [1.54, 1.807) is 12.1 Å². The Bertz CT molecular complexity index is 276. The maximum Gasteiger partial charge on any atom is 0.106 e. The highest BCUT2D eigenvalue weighted by molar-refractivity contribution is 7.80. The van der Waals surface area contributed by atoms with Crippen molar-refractivity contribution in [3.05, 3.63) is 35.4 Å². The van der Waals surface area contributed by atoms with Crippen molar-refractivity contribution in [1.82, 2.24) is 0 Å². The fraction of sp³-hybridized carbons (Fsp3) is 0.400. The van der Waals surface area contributed by atoms with Crippen LogP contribution in [0.4, 0.5) is 0 Å². The lowest BCUT2D eigenvalue weighted by atomic mass is 10.0. The van der Waals surface area contributed by atoms with Crippen LogP contribution in [0.5, 0.6) is 0 Å². The van der Waals surface area contributed by atoms with Gasteiger partial charge in [-0.15, -0.1) is 11.6 Å². The van der Waals surface area contributed by atoms with E-state index in [1.807, 2.05) is 12.1 Å². The van der Waals surface area contributed by atoms with Crippen molar-refractivity contribution in [3.63, 3.8) is 0 Å². The molecule has 0 fully saturated rings. The number of alkyl halides is 1. The molecule has 1 aromatic rings. The molecule has 2 N–H and O–H groups in total. The molecule has 1 rings (SSSR count). The standard InChI is InChI=1S/C10H13ClO2S/c11-5-7-1-3-8(4-2-7)10(13)9(12)6-14/h1-4,9-10,12-14H,5-6H2. The Morgan fingerprint density at radius 2 is 1.79 bits per heavy atom. The second kappa shape index (κ2) is 5.61. The van der Waals surface area contributed by atoms with Crippen LogP contribution in [-0.2, 0) is 5.88 Å². The molecule has 0 aliphatic carbocycles. The number of hydrogen-bond donors (Lipinski definition) is 3. The van der Waals surface area contributed by atoms with Crippen molar-refractivity contribution in [2.45, 2.75) is 18.1 Å². The summed E-state index contributed by atoms with van der Waals surface area (Å²) in [5, 5.41) is 19.0. The van der Waals surface area contributed by atoms with Gasteiger partial charge in [-0.2, -0.15) is 12.6 Å². The highest BCUT2D eigenvalue weighted by atomic mass is 35.5. The van der Waals surface area contributed by atoms with Gasteiger partial charge in [-0.05, 0) is 11.1 Å². The lowest BCUT2D eigenvalue weighted by Gasteiger charge is -2.16. The first kappa shape index (κ1) is 11.9. The molecule has 0 heterocycles. The van der Waals surface area contributed by atoms with Gasteiger partial charge < -0.3 is 10.2 Å². The summed E-state index contributed by atoms with van der Waals surface area (Å²) in [4.78, 5) is 0. The van der Waals surface area contributed by atoms with Crippen LogP contribution in [-0.4, -0.2) is 22.1 Å². The minimum atomic E-state index is -0.878. The monoisotopic (exact) mass is 232 g/mol. The summed E-state index contributed by atoms with van der Waals surface area (Å²) in [5.41, 5.74) is 1.67. The molecule has 0 aromatic heterocycles. The molecule has 0 aliphatic heterocycles. The van der Waals surface area contributed by atoms with E-state index in [0.717, 1.165) is 5.56 Å². The maximum atomic E-state index is 9.62. The molecule has 2 nitrogen and oxygen atoms in total. The molecule has 0 saturated heterocycles. The van der Waals surface area contributed by atoms with Gasteiger partial charge in [-0.25, -0.2) is 0 Å². The molecule has 0 bridgehead atoms. The van der Waals surface area contributed by atoms with Crippen LogP contribution < -0.4 is 0 Å². The van der Waals surface area contributed by atoms with E-state index < -0.39 is 12.2 Å². The highest BCUT2D eigenvalue weighted by Gasteiger charge is 2.16. The van der Waals surface area contributed by atoms with Gasteiger partial charge in [-0.1, -0.05) is 24.3 Å². The Balaban J connectivity index is 2.75. The summed E-state index contributed by atoms with van der Waals surface area (Å²) < 4.78 is 0. The molecule has 0 radical (unpaired) electrons. The van der Waals surface area contributed by atoms with Crippen LogP contribution in [0.3, 0.4) is 0 Å². The molecule has 14 heavy (non-hydrogen) atoms. The summed E-state index contributed by atoms with van der Waals surface area (Å²) in [6.07, 6.45) is -1.71. The van der Waals surface area contributed by atoms with Crippen LogP contribution in [0.25, 0.3) is 0 Å². The zero-order chi connectivity index (χ0) is 10.6. The summed E-state index contributed by atoms with van der Waals surface area (Å²) >= 11 is 9.54. The predicted molar refractivity (Wildman–Crippen MR) is 60.8 cm³/mol. The molecule has 0 amide bonds. The van der Waals surface area contributed by atoms with E-state index in [2.05, 4.69) is 12.6 Å². The molecule has 2 atom stereocenters. The molecule has 1 aromatic carbocycles. The zero-order valence-electron chi connectivity index (χ0n) is 7.60. The van der Waals surface area contributed by atoms with E-state index in [4.69, 9.17) is 11.6 Å². The van der Waals surface area contributed by atoms with Crippen molar-refractivity contribution >= 4 is 24.2 Å². The number of halogens is 1. The van der Waals surface area contributed by atoms with E-state index in [1.165, 1.54) is 0 Å². The second-order valence-electron chi connectivity index (χ2n) is 3.07. The van der Waals surface area contributed by atoms with E-state index in [9.17, 15) is 10.2 Å². The van der Waals surface area contributed by atoms with Crippen molar-refractivity contribution in [2.24, 2.45) is 0 Å². The highest BCUT2D eigenvalue weighted by Crippen LogP contribution is 2.18. The minimum absolute atomic E-state index is 0.235. The molecule has 4 heteroatoms. The lowest BCUT2D eigenvalue weighted by Crippen LogP contribution is -2.19. The summed E-state index contributed by atoms with van der Waals surface area (Å²) in [6, 6.07) is 7.18. The van der Waals surface area contributed by atoms with E-state index >= 15 is 0 Å². The zero-order valence-corrected chi connectivity index (χ0v) is 9.25. The largest absolute Gasteiger partial charge is 0.389 e. The lowest BCUT2D eigenvalue weighted by molar-refractivity contribution is 0.0337. The van der Waals surface area contributed by atoms with Crippen molar-refractivity contribution in [1.29, 1.82) is 0 Å². The van der Waals surface area contributed by atoms with Gasteiger partial charge in [0.05, 0.1) is 6.10 Å². The van der Waals surface area contributed by atoms with Gasteiger partial charge in [0.1, 0.15) is 6.10 Å². The Morgan fingerprint density at radius 1 is 1.21 bits per heavy atom. The van der Waals surface area contributed by atoms with E-state index in [-0.39, 0.29) is 5.75 Å². The summed E-state index contributed by atoms with van der Waals surface area (Å²) in [6.45, 7) is 0. The number of hydrogen-bond acceptors (Lipinski definition) is 3. The van der Waals surface area contributed by atoms with Crippen molar-refractivity contribution in [2.75, 3.05) is 5.75 Å². The first-order valence-corrected chi connectivity index (χ1v) is 5.47. The van der Waals surface area contributed by atoms with E-state index in [0.29, 0.717) is 11.4 Å². The molecular formula is C10H13ClO2S. The topological polar surface area (TPSA) is 40.5 Å². The third kappa shape index (κ3) is 2.89. The molecule has 0 saturated carbocycles. The third-order valence-corrected chi connectivity index (χ3v) is 2.71. The van der Waals surface area contributed by atoms with Crippen LogP contribution in [0.2, 0.25) is 0 Å². The van der Waals surface area contributed by atoms with Gasteiger partial charge in [0.25, 0.3) is 0 Å². The predicted octanol–water partition coefficient (Wildman–Crippen LogP) is 1.75. The molecule has 0 aliphatic rings. The maximum absolute atomic E-state index is 9.62. The Labute approximate surface area is 93.9 Å². The van der Waals surface area contributed by atoms with Gasteiger partial charge in [-0.3, -0.25) is 0 Å². The fourth-order valence-electron chi connectivity index (χ4n) is 1.13. The van der Waals surface area contributed by atoms with Crippen LogP contribution in [0.1, 0.15) is 17.2 Å². The average molecular weight is 233 g/mol. The average Bonchev–Trinajstić information content (AvgIpc) is 2.27. The normalized spacial score (nSPS) is 15.1. The summed E-state index contributed by atoms with van der Waals surface area (Å²) in [5.74, 6) is 0.684. The van der Waals surface area contributed by atoms with Gasteiger partial charge in [0.2, 0.25) is 0 Å². The number of thiol groups is 1. The molecule has 2 unspecified atom stereocenters. The molecule has 0 spiro atoms. The summed E-state index contributed by atoms with van der Waals surface area (Å²) in [7, 11) is 0. The SMILES string of the molecule is OC(CS)C(O)c1ccc(CCl)cc1. The van der Waals surface area contributed by atoms with Crippen molar-refractivity contribution in [3.8, 4) is 0 Å². The van der Waals surface area contributed by atoms with Crippen LogP contribution in [0, 0.1) is 0 Å². The third-order valence-electron chi connectivity index (χ3n) is 2.03.